The molecule has 0 saturated heterocycles. The monoisotopic (exact) mass is 243 g/mol. The Morgan fingerprint density at radius 3 is 2.83 bits per heavy atom. The van der Waals surface area contributed by atoms with Crippen molar-refractivity contribution in [3.63, 3.8) is 0 Å². The summed E-state index contributed by atoms with van der Waals surface area (Å²) in [5.41, 5.74) is 7.80. The minimum atomic E-state index is -0.481. The van der Waals surface area contributed by atoms with E-state index in [-0.39, 0.29) is 11.6 Å². The van der Waals surface area contributed by atoms with Crippen molar-refractivity contribution >= 4 is 0 Å². The number of nitriles is 1. The molecule has 1 unspecified atom stereocenters. The van der Waals surface area contributed by atoms with E-state index in [1.165, 1.54) is 6.07 Å². The molecule has 0 fully saturated rings. The molecular formula is C14H14FN3. The number of nitrogens with zero attached hydrogens (tertiary/aromatic N) is 2. The van der Waals surface area contributed by atoms with Gasteiger partial charge in [0, 0.05) is 25.0 Å². The first-order chi connectivity index (χ1) is 8.60. The van der Waals surface area contributed by atoms with E-state index >= 15 is 0 Å². The van der Waals surface area contributed by atoms with Crippen LogP contribution in [0.4, 0.5) is 4.39 Å². The number of hydrogen-bond acceptors (Lipinski definition) is 2. The Kier molecular flexibility index (Phi) is 3.45. The van der Waals surface area contributed by atoms with E-state index in [9.17, 15) is 4.39 Å². The largest absolute Gasteiger partial charge is 0.350 e. The van der Waals surface area contributed by atoms with E-state index < -0.39 is 5.82 Å². The van der Waals surface area contributed by atoms with Gasteiger partial charge in [-0.3, -0.25) is 0 Å². The summed E-state index contributed by atoms with van der Waals surface area (Å²) in [5, 5.41) is 8.77. The average molecular weight is 243 g/mol. The van der Waals surface area contributed by atoms with Crippen molar-refractivity contribution in [3.05, 3.63) is 59.2 Å². The van der Waals surface area contributed by atoms with Gasteiger partial charge in [-0.15, -0.1) is 0 Å². The van der Waals surface area contributed by atoms with Crippen molar-refractivity contribution in [1.82, 2.24) is 4.57 Å². The molecular weight excluding hydrogens is 229 g/mol. The Morgan fingerprint density at radius 1 is 1.44 bits per heavy atom. The molecule has 0 aliphatic carbocycles. The summed E-state index contributed by atoms with van der Waals surface area (Å²) in [5.74, 6) is -0.481. The summed E-state index contributed by atoms with van der Waals surface area (Å²) < 4.78 is 15.1. The van der Waals surface area contributed by atoms with Crippen LogP contribution in [0.3, 0.4) is 0 Å². The quantitative estimate of drug-likeness (QED) is 0.900. The molecule has 1 atom stereocenters. The van der Waals surface area contributed by atoms with Crippen molar-refractivity contribution in [2.75, 3.05) is 0 Å². The van der Waals surface area contributed by atoms with Crippen LogP contribution in [0.1, 0.15) is 29.7 Å². The van der Waals surface area contributed by atoms with Crippen LogP contribution < -0.4 is 5.73 Å². The summed E-state index contributed by atoms with van der Waals surface area (Å²) in [6.45, 7) is 2.52. The number of hydrogen-bond donors (Lipinski definition) is 1. The Labute approximate surface area is 105 Å². The molecule has 4 heteroatoms. The second kappa shape index (κ2) is 5.03. The van der Waals surface area contributed by atoms with Gasteiger partial charge in [0.1, 0.15) is 11.9 Å². The molecule has 18 heavy (non-hydrogen) atoms. The highest BCUT2D eigenvalue weighted by atomic mass is 19.1. The Hall–Kier alpha value is -2.12. The molecule has 2 aromatic rings. The van der Waals surface area contributed by atoms with Gasteiger partial charge in [-0.05, 0) is 36.2 Å². The SMILES string of the molecule is CC(N)c1ccn(Cc2ccc(F)c(C#N)c2)c1. The fraction of sp³-hybridized carbons (Fsp3) is 0.214. The number of benzene rings is 1. The van der Waals surface area contributed by atoms with E-state index in [4.69, 9.17) is 11.0 Å². The van der Waals surface area contributed by atoms with E-state index in [2.05, 4.69) is 0 Å². The summed E-state index contributed by atoms with van der Waals surface area (Å²) in [7, 11) is 0. The lowest BCUT2D eigenvalue weighted by atomic mass is 10.1. The Bertz CT molecular complexity index is 593. The van der Waals surface area contributed by atoms with Gasteiger partial charge >= 0.3 is 0 Å². The second-order valence-corrected chi connectivity index (χ2v) is 4.33. The van der Waals surface area contributed by atoms with Crippen molar-refractivity contribution in [2.24, 2.45) is 5.73 Å². The molecule has 1 aromatic carbocycles. The highest BCUT2D eigenvalue weighted by molar-refractivity contribution is 5.34. The Morgan fingerprint density at radius 2 is 2.22 bits per heavy atom. The van der Waals surface area contributed by atoms with Gasteiger partial charge in [0.15, 0.2) is 0 Å². The van der Waals surface area contributed by atoms with Gasteiger partial charge in [0.05, 0.1) is 5.56 Å². The third-order valence-corrected chi connectivity index (χ3v) is 2.82. The van der Waals surface area contributed by atoms with Crippen molar-refractivity contribution in [2.45, 2.75) is 19.5 Å². The smallest absolute Gasteiger partial charge is 0.140 e. The molecule has 2 rings (SSSR count). The van der Waals surface area contributed by atoms with E-state index in [1.54, 1.807) is 12.1 Å². The van der Waals surface area contributed by atoms with E-state index in [1.807, 2.05) is 36.0 Å². The first-order valence-corrected chi connectivity index (χ1v) is 5.70. The zero-order chi connectivity index (χ0) is 13.1. The maximum atomic E-state index is 13.2. The lowest BCUT2D eigenvalue weighted by molar-refractivity contribution is 0.622. The van der Waals surface area contributed by atoms with E-state index in [0.717, 1.165) is 11.1 Å². The van der Waals surface area contributed by atoms with Crippen LogP contribution in [0.5, 0.6) is 0 Å². The highest BCUT2D eigenvalue weighted by Gasteiger charge is 2.05. The lowest BCUT2D eigenvalue weighted by Crippen LogP contribution is -2.04. The first kappa shape index (κ1) is 12.3. The number of rotatable bonds is 3. The topological polar surface area (TPSA) is 54.7 Å². The molecule has 2 N–H and O–H groups in total. The first-order valence-electron chi connectivity index (χ1n) is 5.70. The number of aromatic nitrogens is 1. The van der Waals surface area contributed by atoms with Crippen LogP contribution in [-0.2, 0) is 6.54 Å². The summed E-state index contributed by atoms with van der Waals surface area (Å²) in [4.78, 5) is 0. The molecule has 0 aliphatic rings. The summed E-state index contributed by atoms with van der Waals surface area (Å²) in [6, 6.07) is 8.37. The van der Waals surface area contributed by atoms with Crippen molar-refractivity contribution < 1.29 is 4.39 Å². The predicted molar refractivity (Wildman–Crippen MR) is 67.3 cm³/mol. The molecule has 0 aliphatic heterocycles. The number of halogens is 1. The van der Waals surface area contributed by atoms with Crippen molar-refractivity contribution in [1.29, 1.82) is 5.26 Å². The minimum absolute atomic E-state index is 0.00543. The molecule has 0 saturated carbocycles. The van der Waals surface area contributed by atoms with Crippen LogP contribution in [0.15, 0.2) is 36.7 Å². The molecule has 1 heterocycles. The molecule has 92 valence electrons. The third-order valence-electron chi connectivity index (χ3n) is 2.82. The Balaban J connectivity index is 2.21. The summed E-state index contributed by atoms with van der Waals surface area (Å²) in [6.07, 6.45) is 3.88. The zero-order valence-corrected chi connectivity index (χ0v) is 10.1. The molecule has 1 aromatic heterocycles. The fourth-order valence-corrected chi connectivity index (χ4v) is 1.79. The fourth-order valence-electron chi connectivity index (χ4n) is 1.79. The standard InChI is InChI=1S/C14H14FN3/c1-10(17)12-4-5-18(9-12)8-11-2-3-14(15)13(6-11)7-16/h2-6,9-10H,8,17H2,1H3. The third kappa shape index (κ3) is 2.58. The van der Waals surface area contributed by atoms with Crippen LogP contribution >= 0.6 is 0 Å². The van der Waals surface area contributed by atoms with Crippen LogP contribution in [0, 0.1) is 17.1 Å². The molecule has 0 spiro atoms. The average Bonchev–Trinajstić information content (AvgIpc) is 2.80. The number of nitrogens with two attached hydrogens (primary N) is 1. The molecule has 0 radical (unpaired) electrons. The summed E-state index contributed by atoms with van der Waals surface area (Å²) >= 11 is 0. The van der Waals surface area contributed by atoms with Gasteiger partial charge in [0.2, 0.25) is 0 Å². The van der Waals surface area contributed by atoms with E-state index in [0.29, 0.717) is 6.54 Å². The van der Waals surface area contributed by atoms with Gasteiger partial charge in [-0.25, -0.2) is 4.39 Å². The minimum Gasteiger partial charge on any atom is -0.350 e. The molecule has 0 bridgehead atoms. The normalized spacial score (nSPS) is 12.1. The maximum Gasteiger partial charge on any atom is 0.140 e. The van der Waals surface area contributed by atoms with Crippen LogP contribution in [0.2, 0.25) is 0 Å². The van der Waals surface area contributed by atoms with Crippen LogP contribution in [-0.4, -0.2) is 4.57 Å². The van der Waals surface area contributed by atoms with Gasteiger partial charge in [-0.2, -0.15) is 5.26 Å². The van der Waals surface area contributed by atoms with Crippen LogP contribution in [0.25, 0.3) is 0 Å². The lowest BCUT2D eigenvalue weighted by Gasteiger charge is -2.05. The molecule has 0 amide bonds. The highest BCUT2D eigenvalue weighted by Crippen LogP contribution is 2.14. The predicted octanol–water partition coefficient (Wildman–Crippen LogP) is 2.57. The second-order valence-electron chi connectivity index (χ2n) is 4.33. The van der Waals surface area contributed by atoms with Gasteiger partial charge in [-0.1, -0.05) is 6.07 Å². The zero-order valence-electron chi connectivity index (χ0n) is 10.1. The van der Waals surface area contributed by atoms with Crippen molar-refractivity contribution in [3.8, 4) is 6.07 Å². The maximum absolute atomic E-state index is 13.2. The van der Waals surface area contributed by atoms with Gasteiger partial charge < -0.3 is 10.3 Å². The van der Waals surface area contributed by atoms with Gasteiger partial charge in [0.25, 0.3) is 0 Å². The molecule has 3 nitrogen and oxygen atoms in total.